The number of benzene rings is 1. The predicted molar refractivity (Wildman–Crippen MR) is 81.8 cm³/mol. The third-order valence-corrected chi connectivity index (χ3v) is 4.06. The summed E-state index contributed by atoms with van der Waals surface area (Å²) >= 11 is 0. The lowest BCUT2D eigenvalue weighted by Gasteiger charge is -2.40. The third-order valence-electron chi connectivity index (χ3n) is 4.06. The van der Waals surface area contributed by atoms with E-state index in [1.807, 2.05) is 13.0 Å². The van der Waals surface area contributed by atoms with Crippen molar-refractivity contribution in [3.8, 4) is 0 Å². The number of nitrogens with one attached hydrogen (secondary N) is 1. The summed E-state index contributed by atoms with van der Waals surface area (Å²) in [5.41, 5.74) is 3.15. The number of hydrogen-bond donors (Lipinski definition) is 1. The summed E-state index contributed by atoms with van der Waals surface area (Å²) in [4.78, 5) is 4.67. The maximum atomic E-state index is 13.3. The molecule has 0 radical (unpaired) electrons. The zero-order valence-electron chi connectivity index (χ0n) is 12.5. The molecule has 1 saturated heterocycles. The van der Waals surface area contributed by atoms with Crippen molar-refractivity contribution in [2.45, 2.75) is 26.4 Å². The van der Waals surface area contributed by atoms with E-state index in [1.165, 1.54) is 6.07 Å². The highest BCUT2D eigenvalue weighted by Crippen LogP contribution is 2.21. The van der Waals surface area contributed by atoms with Crippen molar-refractivity contribution >= 4 is 5.69 Å². The third kappa shape index (κ3) is 3.24. The van der Waals surface area contributed by atoms with Gasteiger partial charge in [-0.2, -0.15) is 5.10 Å². The summed E-state index contributed by atoms with van der Waals surface area (Å²) < 4.78 is 13.3. The van der Waals surface area contributed by atoms with Gasteiger partial charge in [0.05, 0.1) is 5.69 Å². The monoisotopic (exact) mass is 288 g/mol. The molecule has 0 aliphatic carbocycles. The summed E-state index contributed by atoms with van der Waals surface area (Å²) in [5, 5.41) is 7.29. The van der Waals surface area contributed by atoms with Crippen molar-refractivity contribution < 1.29 is 4.39 Å². The minimum absolute atomic E-state index is 0.172. The maximum Gasteiger partial charge on any atom is 0.125 e. The second kappa shape index (κ2) is 5.85. The molecule has 1 unspecified atom stereocenters. The number of rotatable bonds is 3. The first kappa shape index (κ1) is 14.1. The number of aromatic amines is 1. The first-order valence-corrected chi connectivity index (χ1v) is 7.37. The first-order chi connectivity index (χ1) is 10.1. The van der Waals surface area contributed by atoms with Crippen LogP contribution in [0.4, 0.5) is 10.1 Å². The van der Waals surface area contributed by atoms with Crippen molar-refractivity contribution in [3.63, 3.8) is 0 Å². The standard InChI is InChI=1S/C16H21FN4/c1-12-8-15(19-18-12)11-20-6-7-21(10-13(20)2)16-5-3-4-14(17)9-16/h3-5,8-9,13H,6-7,10-11H2,1-2H3,(H,18,19). The molecule has 1 aromatic carbocycles. The number of halogens is 1. The fraction of sp³-hybridized carbons (Fsp3) is 0.438. The van der Waals surface area contributed by atoms with Crippen LogP contribution < -0.4 is 4.90 Å². The first-order valence-electron chi connectivity index (χ1n) is 7.37. The van der Waals surface area contributed by atoms with Crippen LogP contribution in [0.5, 0.6) is 0 Å². The average molecular weight is 288 g/mol. The van der Waals surface area contributed by atoms with Gasteiger partial charge in [-0.05, 0) is 38.1 Å². The number of H-pyrrole nitrogens is 1. The van der Waals surface area contributed by atoms with Crippen molar-refractivity contribution in [2.24, 2.45) is 0 Å². The van der Waals surface area contributed by atoms with Crippen molar-refractivity contribution in [3.05, 3.63) is 47.5 Å². The Morgan fingerprint density at radius 3 is 2.86 bits per heavy atom. The van der Waals surface area contributed by atoms with Gasteiger partial charge in [0.1, 0.15) is 5.82 Å². The van der Waals surface area contributed by atoms with Gasteiger partial charge in [-0.15, -0.1) is 0 Å². The van der Waals surface area contributed by atoms with E-state index < -0.39 is 0 Å². The van der Waals surface area contributed by atoms with Gasteiger partial charge in [-0.3, -0.25) is 10.00 Å². The minimum atomic E-state index is -0.172. The number of hydrogen-bond acceptors (Lipinski definition) is 3. The predicted octanol–water partition coefficient (Wildman–Crippen LogP) is 2.57. The van der Waals surface area contributed by atoms with Crippen LogP contribution in [0.3, 0.4) is 0 Å². The Morgan fingerprint density at radius 2 is 2.19 bits per heavy atom. The van der Waals surface area contributed by atoms with Gasteiger partial charge in [-0.25, -0.2) is 4.39 Å². The molecule has 2 aromatic rings. The van der Waals surface area contributed by atoms with E-state index >= 15 is 0 Å². The topological polar surface area (TPSA) is 35.2 Å². The number of nitrogens with zero attached hydrogens (tertiary/aromatic N) is 3. The summed E-state index contributed by atoms with van der Waals surface area (Å²) in [6.07, 6.45) is 0. The van der Waals surface area contributed by atoms with Crippen LogP contribution in [0.25, 0.3) is 0 Å². The molecule has 1 atom stereocenters. The quantitative estimate of drug-likeness (QED) is 0.943. The van der Waals surface area contributed by atoms with Crippen LogP contribution in [-0.4, -0.2) is 40.8 Å². The highest BCUT2D eigenvalue weighted by molar-refractivity contribution is 5.47. The minimum Gasteiger partial charge on any atom is -0.369 e. The fourth-order valence-corrected chi connectivity index (χ4v) is 2.90. The van der Waals surface area contributed by atoms with Gasteiger partial charge in [0.2, 0.25) is 0 Å². The van der Waals surface area contributed by atoms with Gasteiger partial charge in [-0.1, -0.05) is 6.07 Å². The van der Waals surface area contributed by atoms with E-state index in [0.717, 1.165) is 43.3 Å². The van der Waals surface area contributed by atoms with Gasteiger partial charge in [0.25, 0.3) is 0 Å². The average Bonchev–Trinajstić information content (AvgIpc) is 2.86. The summed E-state index contributed by atoms with van der Waals surface area (Å²) in [6, 6.07) is 9.35. The molecular weight excluding hydrogens is 267 g/mol. The SMILES string of the molecule is Cc1cc(CN2CCN(c3cccc(F)c3)CC2C)n[nH]1. The van der Waals surface area contributed by atoms with Crippen LogP contribution in [-0.2, 0) is 6.54 Å². The van der Waals surface area contributed by atoms with Crippen molar-refractivity contribution in [1.82, 2.24) is 15.1 Å². The molecule has 112 valence electrons. The van der Waals surface area contributed by atoms with Crippen LogP contribution in [0, 0.1) is 12.7 Å². The summed E-state index contributed by atoms with van der Waals surface area (Å²) in [5.74, 6) is -0.172. The van der Waals surface area contributed by atoms with E-state index in [2.05, 4.69) is 33.0 Å². The van der Waals surface area contributed by atoms with Crippen molar-refractivity contribution in [2.75, 3.05) is 24.5 Å². The largest absolute Gasteiger partial charge is 0.369 e. The van der Waals surface area contributed by atoms with Crippen LogP contribution >= 0.6 is 0 Å². The summed E-state index contributed by atoms with van der Waals surface area (Å²) in [6.45, 7) is 7.88. The molecule has 1 aliphatic heterocycles. The Balaban J connectivity index is 1.64. The lowest BCUT2D eigenvalue weighted by atomic mass is 10.1. The number of anilines is 1. The second-order valence-corrected chi connectivity index (χ2v) is 5.79. The Bertz CT molecular complexity index is 610. The van der Waals surface area contributed by atoms with Gasteiger partial charge in [0, 0.05) is 43.6 Å². The van der Waals surface area contributed by atoms with Crippen LogP contribution in [0.1, 0.15) is 18.3 Å². The molecular formula is C16H21FN4. The molecule has 3 rings (SSSR count). The van der Waals surface area contributed by atoms with Gasteiger partial charge < -0.3 is 4.90 Å². The molecule has 2 heterocycles. The Labute approximate surface area is 124 Å². The number of aryl methyl sites for hydroxylation is 1. The Kier molecular flexibility index (Phi) is 3.92. The number of piperazine rings is 1. The molecule has 1 aliphatic rings. The Hall–Kier alpha value is -1.88. The molecule has 21 heavy (non-hydrogen) atoms. The molecule has 4 nitrogen and oxygen atoms in total. The molecule has 0 saturated carbocycles. The van der Waals surface area contributed by atoms with E-state index in [0.29, 0.717) is 6.04 Å². The highest BCUT2D eigenvalue weighted by Gasteiger charge is 2.24. The van der Waals surface area contributed by atoms with Crippen molar-refractivity contribution in [1.29, 1.82) is 0 Å². The van der Waals surface area contributed by atoms with E-state index in [9.17, 15) is 4.39 Å². The fourth-order valence-electron chi connectivity index (χ4n) is 2.90. The molecule has 5 heteroatoms. The molecule has 0 spiro atoms. The molecule has 1 fully saturated rings. The molecule has 0 bridgehead atoms. The van der Waals surface area contributed by atoms with Gasteiger partial charge in [0.15, 0.2) is 0 Å². The molecule has 1 aromatic heterocycles. The van der Waals surface area contributed by atoms with E-state index in [1.54, 1.807) is 12.1 Å². The molecule has 1 N–H and O–H groups in total. The lowest BCUT2D eigenvalue weighted by Crippen LogP contribution is -2.51. The normalized spacial score (nSPS) is 20.0. The van der Waals surface area contributed by atoms with Crippen LogP contribution in [0.2, 0.25) is 0 Å². The highest BCUT2D eigenvalue weighted by atomic mass is 19.1. The number of aromatic nitrogens is 2. The molecule has 0 amide bonds. The van der Waals surface area contributed by atoms with E-state index in [4.69, 9.17) is 0 Å². The smallest absolute Gasteiger partial charge is 0.125 e. The summed E-state index contributed by atoms with van der Waals surface area (Å²) in [7, 11) is 0. The zero-order chi connectivity index (χ0) is 14.8. The maximum absolute atomic E-state index is 13.3. The van der Waals surface area contributed by atoms with Crippen LogP contribution in [0.15, 0.2) is 30.3 Å². The van der Waals surface area contributed by atoms with E-state index in [-0.39, 0.29) is 5.82 Å². The van der Waals surface area contributed by atoms with Gasteiger partial charge >= 0.3 is 0 Å². The second-order valence-electron chi connectivity index (χ2n) is 5.79. The zero-order valence-corrected chi connectivity index (χ0v) is 12.5. The lowest BCUT2D eigenvalue weighted by molar-refractivity contribution is 0.179. The Morgan fingerprint density at radius 1 is 1.33 bits per heavy atom.